The Kier molecular flexibility index (Phi) is 2.51. The predicted molar refractivity (Wildman–Crippen MR) is 66.9 cm³/mol. The molecule has 88 valence electrons. The highest BCUT2D eigenvalue weighted by Crippen LogP contribution is 2.52. The van der Waals surface area contributed by atoms with Crippen molar-refractivity contribution in [3.8, 4) is 0 Å². The molecule has 0 radical (unpaired) electrons. The van der Waals surface area contributed by atoms with Crippen molar-refractivity contribution >= 4 is 22.9 Å². The maximum Gasteiger partial charge on any atom is 0.184 e. The van der Waals surface area contributed by atoms with Gasteiger partial charge in [-0.1, -0.05) is 11.6 Å². The number of nitrogens with two attached hydrogens (primary N) is 1. The normalized spacial score (nSPS) is 28.6. The number of piperidine rings is 1. The van der Waals surface area contributed by atoms with Crippen LogP contribution in [-0.2, 0) is 6.42 Å². The molecule has 2 aliphatic rings. The molecule has 1 aromatic heterocycles. The van der Waals surface area contributed by atoms with Crippen molar-refractivity contribution in [1.82, 2.24) is 9.88 Å². The SMILES string of the molecule is CN1CCC2(CC1)Cc1nc(Cl)sc1[C@H]2N. The van der Waals surface area contributed by atoms with Gasteiger partial charge in [-0.2, -0.15) is 0 Å². The Hall–Kier alpha value is -0.160. The Morgan fingerprint density at radius 2 is 2.19 bits per heavy atom. The summed E-state index contributed by atoms with van der Waals surface area (Å²) in [5.41, 5.74) is 7.84. The maximum absolute atomic E-state index is 6.41. The van der Waals surface area contributed by atoms with E-state index in [1.54, 1.807) is 11.3 Å². The molecule has 2 N–H and O–H groups in total. The largest absolute Gasteiger partial charge is 0.323 e. The molecule has 1 spiro atoms. The van der Waals surface area contributed by atoms with Crippen LogP contribution in [0.15, 0.2) is 0 Å². The highest BCUT2D eigenvalue weighted by Gasteiger charge is 2.47. The van der Waals surface area contributed by atoms with Crippen molar-refractivity contribution in [3.63, 3.8) is 0 Å². The summed E-state index contributed by atoms with van der Waals surface area (Å²) in [6, 6.07) is 0.154. The van der Waals surface area contributed by atoms with Crippen LogP contribution in [0.3, 0.4) is 0 Å². The fourth-order valence-electron chi connectivity index (χ4n) is 2.98. The second-order valence-corrected chi connectivity index (χ2v) is 6.71. The predicted octanol–water partition coefficient (Wildman–Crippen LogP) is 2.06. The summed E-state index contributed by atoms with van der Waals surface area (Å²) in [6.45, 7) is 2.30. The zero-order valence-corrected chi connectivity index (χ0v) is 10.9. The smallest absolute Gasteiger partial charge is 0.184 e. The molecule has 0 saturated carbocycles. The summed E-state index contributed by atoms with van der Waals surface area (Å²) in [5.74, 6) is 0. The third kappa shape index (κ3) is 1.51. The van der Waals surface area contributed by atoms with Crippen molar-refractivity contribution in [2.24, 2.45) is 11.1 Å². The lowest BCUT2D eigenvalue weighted by molar-refractivity contribution is 0.106. The van der Waals surface area contributed by atoms with Gasteiger partial charge >= 0.3 is 0 Å². The number of fused-ring (bicyclic) bond motifs is 1. The number of nitrogens with zero attached hydrogens (tertiary/aromatic N) is 2. The van der Waals surface area contributed by atoms with Gasteiger partial charge in [0.25, 0.3) is 0 Å². The first-order valence-corrected chi connectivity index (χ1v) is 6.89. The van der Waals surface area contributed by atoms with Crippen molar-refractivity contribution in [3.05, 3.63) is 15.0 Å². The van der Waals surface area contributed by atoms with E-state index < -0.39 is 0 Å². The van der Waals surface area contributed by atoms with Crippen LogP contribution in [0.25, 0.3) is 0 Å². The molecule has 0 bridgehead atoms. The Morgan fingerprint density at radius 1 is 1.50 bits per heavy atom. The van der Waals surface area contributed by atoms with Crippen molar-refractivity contribution in [2.45, 2.75) is 25.3 Å². The topological polar surface area (TPSA) is 42.2 Å². The van der Waals surface area contributed by atoms with Gasteiger partial charge in [-0.25, -0.2) is 4.98 Å². The molecule has 1 aromatic rings. The molecule has 0 aromatic carbocycles. The van der Waals surface area contributed by atoms with Crippen LogP contribution >= 0.6 is 22.9 Å². The van der Waals surface area contributed by atoms with Crippen LogP contribution in [0.1, 0.15) is 29.5 Å². The number of hydrogen-bond donors (Lipinski definition) is 1. The minimum Gasteiger partial charge on any atom is -0.323 e. The molecular formula is C11H16ClN3S. The van der Waals surface area contributed by atoms with Gasteiger partial charge in [-0.15, -0.1) is 11.3 Å². The van der Waals surface area contributed by atoms with Gasteiger partial charge in [0.05, 0.1) is 5.69 Å². The second-order valence-electron chi connectivity index (χ2n) is 5.10. The first-order valence-electron chi connectivity index (χ1n) is 5.70. The summed E-state index contributed by atoms with van der Waals surface area (Å²) in [6.07, 6.45) is 3.40. The van der Waals surface area contributed by atoms with Gasteiger partial charge in [-0.05, 0) is 44.8 Å². The van der Waals surface area contributed by atoms with Crippen LogP contribution in [-0.4, -0.2) is 30.0 Å². The Bertz CT molecular complexity index is 409. The minimum atomic E-state index is 0.154. The fourth-order valence-corrected chi connectivity index (χ4v) is 4.28. The summed E-state index contributed by atoms with van der Waals surface area (Å²) in [4.78, 5) is 8.01. The molecule has 1 atom stereocenters. The van der Waals surface area contributed by atoms with Gasteiger partial charge in [0.15, 0.2) is 4.47 Å². The van der Waals surface area contributed by atoms with E-state index in [9.17, 15) is 0 Å². The van der Waals surface area contributed by atoms with Gasteiger partial charge in [0.1, 0.15) is 0 Å². The van der Waals surface area contributed by atoms with Crippen LogP contribution in [0.4, 0.5) is 0 Å². The number of likely N-dealkylation sites (tertiary alicyclic amines) is 1. The van der Waals surface area contributed by atoms with Gasteiger partial charge in [0, 0.05) is 10.9 Å². The quantitative estimate of drug-likeness (QED) is 0.774. The summed E-state index contributed by atoms with van der Waals surface area (Å²) in [5, 5.41) is 0. The number of halogens is 1. The number of rotatable bonds is 0. The lowest BCUT2D eigenvalue weighted by Crippen LogP contribution is -2.42. The molecule has 3 rings (SSSR count). The van der Waals surface area contributed by atoms with Gasteiger partial charge < -0.3 is 10.6 Å². The van der Waals surface area contributed by atoms with Crippen LogP contribution in [0.5, 0.6) is 0 Å². The highest BCUT2D eigenvalue weighted by molar-refractivity contribution is 7.16. The molecule has 16 heavy (non-hydrogen) atoms. The lowest BCUT2D eigenvalue weighted by Gasteiger charge is -2.40. The molecule has 1 aliphatic carbocycles. The first-order chi connectivity index (χ1) is 7.61. The van der Waals surface area contributed by atoms with E-state index in [0.717, 1.165) is 25.2 Å². The van der Waals surface area contributed by atoms with Crippen molar-refractivity contribution in [1.29, 1.82) is 0 Å². The lowest BCUT2D eigenvalue weighted by atomic mass is 9.74. The van der Waals surface area contributed by atoms with E-state index in [1.165, 1.54) is 17.7 Å². The summed E-state index contributed by atoms with van der Waals surface area (Å²) < 4.78 is 0.642. The van der Waals surface area contributed by atoms with Crippen LogP contribution < -0.4 is 5.73 Å². The van der Waals surface area contributed by atoms with Gasteiger partial charge in [0.2, 0.25) is 0 Å². The van der Waals surface area contributed by atoms with E-state index in [-0.39, 0.29) is 11.5 Å². The first kappa shape index (κ1) is 11.0. The number of aromatic nitrogens is 1. The molecule has 1 aliphatic heterocycles. The Labute approximate surface area is 105 Å². The standard InChI is InChI=1S/C11H16ClN3S/c1-15-4-2-11(3-5-15)6-7-8(9(11)13)16-10(12)14-7/h9H,2-6,13H2,1H3/t9-/m1/s1. The van der Waals surface area contributed by atoms with E-state index in [0.29, 0.717) is 4.47 Å². The molecule has 5 heteroatoms. The molecule has 0 unspecified atom stereocenters. The Morgan fingerprint density at radius 3 is 2.81 bits per heavy atom. The highest BCUT2D eigenvalue weighted by atomic mass is 35.5. The monoisotopic (exact) mass is 257 g/mol. The number of hydrogen-bond acceptors (Lipinski definition) is 4. The summed E-state index contributed by atoms with van der Waals surface area (Å²) >= 11 is 7.51. The van der Waals surface area contributed by atoms with E-state index in [4.69, 9.17) is 17.3 Å². The third-order valence-corrected chi connectivity index (χ3v) is 5.43. The average molecular weight is 258 g/mol. The molecule has 0 amide bonds. The molecule has 2 heterocycles. The van der Waals surface area contributed by atoms with Crippen LogP contribution in [0, 0.1) is 5.41 Å². The van der Waals surface area contributed by atoms with Gasteiger partial charge in [-0.3, -0.25) is 0 Å². The Balaban J connectivity index is 1.89. The zero-order chi connectivity index (χ0) is 11.3. The zero-order valence-electron chi connectivity index (χ0n) is 9.37. The van der Waals surface area contributed by atoms with Crippen LogP contribution in [0.2, 0.25) is 4.47 Å². The summed E-state index contributed by atoms with van der Waals surface area (Å²) in [7, 11) is 2.18. The van der Waals surface area contributed by atoms with E-state index in [1.807, 2.05) is 0 Å². The molecule has 1 saturated heterocycles. The molecule has 3 nitrogen and oxygen atoms in total. The van der Waals surface area contributed by atoms with E-state index >= 15 is 0 Å². The minimum absolute atomic E-state index is 0.154. The second kappa shape index (κ2) is 3.67. The molecule has 1 fully saturated rings. The maximum atomic E-state index is 6.41. The number of thiazole rings is 1. The van der Waals surface area contributed by atoms with Crippen molar-refractivity contribution in [2.75, 3.05) is 20.1 Å². The fraction of sp³-hybridized carbons (Fsp3) is 0.727. The molecular weight excluding hydrogens is 242 g/mol. The average Bonchev–Trinajstić information content (AvgIpc) is 2.71. The van der Waals surface area contributed by atoms with Crippen molar-refractivity contribution < 1.29 is 0 Å². The third-order valence-electron chi connectivity index (χ3n) is 4.15. The van der Waals surface area contributed by atoms with E-state index in [2.05, 4.69) is 16.9 Å².